The van der Waals surface area contributed by atoms with Crippen molar-refractivity contribution in [2.75, 3.05) is 18.8 Å². The monoisotopic (exact) mass is 332 g/mol. The van der Waals surface area contributed by atoms with Gasteiger partial charge in [-0.1, -0.05) is 0 Å². The maximum atomic E-state index is 5.79. The van der Waals surface area contributed by atoms with Crippen LogP contribution in [0.25, 0.3) is 0 Å². The number of anilines is 1. The smallest absolute Gasteiger partial charge is 0.196 e. The van der Waals surface area contributed by atoms with E-state index in [0.29, 0.717) is 5.69 Å². The number of benzene rings is 1. The third kappa shape index (κ3) is 2.26. The van der Waals surface area contributed by atoms with Gasteiger partial charge in [0.15, 0.2) is 5.96 Å². The molecule has 1 fully saturated rings. The molecule has 4 nitrogen and oxygen atoms in total. The Balaban J connectivity index is 2.42. The first-order valence-electron chi connectivity index (χ1n) is 4.48. The number of hydrogen-bond donors (Lipinski definition) is 3. The van der Waals surface area contributed by atoms with Crippen LogP contribution in [-0.4, -0.2) is 19.0 Å². The lowest BCUT2D eigenvalue weighted by Crippen LogP contribution is -2.23. The number of hydrogen-bond acceptors (Lipinski definition) is 2. The standard InChI is InChI=1S/C9H10Br2N4/c10-5-1-2-6(12)7(11)8(5)15-9-13-3-4-14-9/h1-2H,3-4,12H2,(H2,13,14,15). The number of halogens is 2. The fourth-order valence-electron chi connectivity index (χ4n) is 1.27. The van der Waals surface area contributed by atoms with Crippen LogP contribution in [0.4, 0.5) is 11.4 Å². The quantitative estimate of drug-likeness (QED) is 0.689. The summed E-state index contributed by atoms with van der Waals surface area (Å²) in [6, 6.07) is 3.71. The van der Waals surface area contributed by atoms with E-state index in [4.69, 9.17) is 5.73 Å². The highest BCUT2D eigenvalue weighted by atomic mass is 79.9. The molecule has 0 saturated carbocycles. The Morgan fingerprint density at radius 3 is 2.53 bits per heavy atom. The highest BCUT2D eigenvalue weighted by Crippen LogP contribution is 2.37. The van der Waals surface area contributed by atoms with Gasteiger partial charge in [-0.3, -0.25) is 0 Å². The van der Waals surface area contributed by atoms with Crippen molar-refractivity contribution in [1.82, 2.24) is 10.6 Å². The van der Waals surface area contributed by atoms with Crippen LogP contribution in [0.5, 0.6) is 0 Å². The third-order valence-electron chi connectivity index (χ3n) is 2.03. The third-order valence-corrected chi connectivity index (χ3v) is 3.50. The van der Waals surface area contributed by atoms with E-state index in [1.54, 1.807) is 0 Å². The van der Waals surface area contributed by atoms with Crippen LogP contribution in [0.1, 0.15) is 0 Å². The molecule has 1 aromatic carbocycles. The number of nitrogens with one attached hydrogen (secondary N) is 2. The number of aliphatic imine (C=N–C) groups is 1. The van der Waals surface area contributed by atoms with Crippen LogP contribution in [0, 0.1) is 0 Å². The number of rotatable bonds is 1. The average Bonchev–Trinajstić information content (AvgIpc) is 2.71. The van der Waals surface area contributed by atoms with E-state index in [9.17, 15) is 0 Å². The number of nitrogens with two attached hydrogens (primary N) is 1. The topological polar surface area (TPSA) is 62.4 Å². The van der Waals surface area contributed by atoms with Gasteiger partial charge in [-0.2, -0.15) is 0 Å². The second-order valence-corrected chi connectivity index (χ2v) is 4.76. The van der Waals surface area contributed by atoms with Crippen LogP contribution in [0.15, 0.2) is 26.1 Å². The van der Waals surface area contributed by atoms with Gasteiger partial charge in [0.1, 0.15) is 0 Å². The fraction of sp³-hybridized carbons (Fsp3) is 0.222. The minimum absolute atomic E-state index is 0.676. The largest absolute Gasteiger partial charge is 0.398 e. The van der Waals surface area contributed by atoms with Crippen molar-refractivity contribution in [3.05, 3.63) is 21.1 Å². The summed E-state index contributed by atoms with van der Waals surface area (Å²) in [5.74, 6) is 0.780. The second-order valence-electron chi connectivity index (χ2n) is 3.11. The Labute approximate surface area is 105 Å². The van der Waals surface area contributed by atoms with E-state index >= 15 is 0 Å². The highest BCUT2D eigenvalue weighted by molar-refractivity contribution is 9.11. The first-order chi connectivity index (χ1) is 7.18. The van der Waals surface area contributed by atoms with Gasteiger partial charge in [0.25, 0.3) is 0 Å². The lowest BCUT2D eigenvalue weighted by molar-refractivity contribution is 0.942. The van der Waals surface area contributed by atoms with Crippen molar-refractivity contribution in [1.29, 1.82) is 0 Å². The molecule has 1 aliphatic heterocycles. The predicted octanol–water partition coefficient (Wildman–Crippen LogP) is 1.97. The van der Waals surface area contributed by atoms with Gasteiger partial charge >= 0.3 is 0 Å². The summed E-state index contributed by atoms with van der Waals surface area (Å²) in [6.07, 6.45) is 0. The Hall–Kier alpha value is -0.750. The average molecular weight is 334 g/mol. The van der Waals surface area contributed by atoms with Crippen molar-refractivity contribution >= 4 is 49.2 Å². The molecular formula is C9H10Br2N4. The second kappa shape index (κ2) is 4.40. The zero-order chi connectivity index (χ0) is 10.8. The molecule has 1 heterocycles. The minimum Gasteiger partial charge on any atom is -0.398 e. The van der Waals surface area contributed by atoms with Gasteiger partial charge in [-0.15, -0.1) is 0 Å². The first-order valence-corrected chi connectivity index (χ1v) is 6.07. The molecule has 4 N–H and O–H groups in total. The molecule has 6 heteroatoms. The Morgan fingerprint density at radius 2 is 1.87 bits per heavy atom. The number of nitrogens with zero attached hydrogens (tertiary/aromatic N) is 1. The summed E-state index contributed by atoms with van der Waals surface area (Å²) >= 11 is 6.86. The molecule has 1 aromatic rings. The van der Waals surface area contributed by atoms with Crippen LogP contribution in [0.2, 0.25) is 0 Å². The molecule has 0 radical (unpaired) electrons. The van der Waals surface area contributed by atoms with Gasteiger partial charge in [0.2, 0.25) is 0 Å². The van der Waals surface area contributed by atoms with Crippen LogP contribution >= 0.6 is 31.9 Å². The van der Waals surface area contributed by atoms with Gasteiger partial charge in [-0.25, -0.2) is 4.99 Å². The molecule has 0 spiro atoms. The lowest BCUT2D eigenvalue weighted by atomic mass is 10.3. The normalized spacial score (nSPS) is 14.7. The molecule has 0 aliphatic carbocycles. The van der Waals surface area contributed by atoms with Crippen LogP contribution in [-0.2, 0) is 0 Å². The minimum atomic E-state index is 0.676. The molecule has 1 aliphatic rings. The van der Waals surface area contributed by atoms with Gasteiger partial charge in [0.05, 0.1) is 10.2 Å². The van der Waals surface area contributed by atoms with Crippen molar-refractivity contribution in [2.45, 2.75) is 0 Å². The molecule has 0 aromatic heterocycles. The van der Waals surface area contributed by atoms with E-state index in [-0.39, 0.29) is 0 Å². The summed E-state index contributed by atoms with van der Waals surface area (Å²) in [5, 5.41) is 6.27. The van der Waals surface area contributed by atoms with Crippen LogP contribution < -0.4 is 16.4 Å². The van der Waals surface area contributed by atoms with E-state index in [1.807, 2.05) is 12.1 Å². The fourth-order valence-corrected chi connectivity index (χ4v) is 2.39. The molecule has 15 heavy (non-hydrogen) atoms. The van der Waals surface area contributed by atoms with Gasteiger partial charge < -0.3 is 16.4 Å². The zero-order valence-corrected chi connectivity index (χ0v) is 11.0. The van der Waals surface area contributed by atoms with Gasteiger partial charge in [-0.05, 0) is 44.0 Å². The Kier molecular flexibility index (Phi) is 3.16. The van der Waals surface area contributed by atoms with E-state index < -0.39 is 0 Å². The zero-order valence-electron chi connectivity index (χ0n) is 7.85. The lowest BCUT2D eigenvalue weighted by Gasteiger charge is -2.06. The van der Waals surface area contributed by atoms with Crippen molar-refractivity contribution < 1.29 is 0 Å². The van der Waals surface area contributed by atoms with E-state index in [1.165, 1.54) is 0 Å². The first kappa shape index (κ1) is 10.8. The summed E-state index contributed by atoms with van der Waals surface area (Å²) in [6.45, 7) is 1.80. The Bertz CT molecular complexity index is 409. The van der Waals surface area contributed by atoms with E-state index in [2.05, 4.69) is 47.5 Å². The van der Waals surface area contributed by atoms with Crippen LogP contribution in [0.3, 0.4) is 0 Å². The molecule has 0 atom stereocenters. The molecular weight excluding hydrogens is 324 g/mol. The SMILES string of the molecule is Nc1ccc(Br)c(N=C2NCCN2)c1Br. The van der Waals surface area contributed by atoms with Crippen molar-refractivity contribution in [2.24, 2.45) is 4.99 Å². The molecule has 1 saturated heterocycles. The summed E-state index contributed by atoms with van der Waals surface area (Å²) in [4.78, 5) is 4.44. The summed E-state index contributed by atoms with van der Waals surface area (Å²) in [7, 11) is 0. The summed E-state index contributed by atoms with van der Waals surface area (Å²) < 4.78 is 1.71. The number of nitrogen functional groups attached to an aromatic ring is 1. The molecule has 0 amide bonds. The maximum Gasteiger partial charge on any atom is 0.196 e. The highest BCUT2D eigenvalue weighted by Gasteiger charge is 2.10. The molecule has 80 valence electrons. The summed E-state index contributed by atoms with van der Waals surface area (Å²) in [5.41, 5.74) is 7.26. The Morgan fingerprint density at radius 1 is 1.20 bits per heavy atom. The number of guanidine groups is 1. The molecule has 0 unspecified atom stereocenters. The van der Waals surface area contributed by atoms with Crippen molar-refractivity contribution in [3.8, 4) is 0 Å². The molecule has 0 bridgehead atoms. The maximum absolute atomic E-state index is 5.79. The van der Waals surface area contributed by atoms with Crippen molar-refractivity contribution in [3.63, 3.8) is 0 Å². The molecule has 2 rings (SSSR count). The van der Waals surface area contributed by atoms with Gasteiger partial charge in [0, 0.05) is 23.2 Å². The van der Waals surface area contributed by atoms with E-state index in [0.717, 1.165) is 33.7 Å². The predicted molar refractivity (Wildman–Crippen MR) is 69.4 cm³/mol.